The van der Waals surface area contributed by atoms with Gasteiger partial charge in [0, 0.05) is 23.4 Å². The summed E-state index contributed by atoms with van der Waals surface area (Å²) < 4.78 is 16.1. The SMILES string of the molecule is CN(C)CC(=O)N1[C@@H]2CC[C@H]1CC([C@@H](Cc1ccccc1)N[S+]([O-])C(C)(C)C)C2. The molecule has 5 atom stereocenters. The van der Waals surface area contributed by atoms with Gasteiger partial charge in [-0.1, -0.05) is 30.3 Å². The molecule has 1 amide bonds. The van der Waals surface area contributed by atoms with Gasteiger partial charge in [0.15, 0.2) is 0 Å². The van der Waals surface area contributed by atoms with Crippen molar-refractivity contribution in [3.8, 4) is 0 Å². The molecule has 2 aliphatic rings. The molecule has 2 bridgehead atoms. The van der Waals surface area contributed by atoms with Crippen molar-refractivity contribution in [3.05, 3.63) is 35.9 Å². The average Bonchev–Trinajstić information content (AvgIpc) is 2.90. The maximum atomic E-state index is 12.9. The number of hydrogen-bond donors (Lipinski definition) is 1. The fourth-order valence-corrected chi connectivity index (χ4v) is 5.70. The van der Waals surface area contributed by atoms with Crippen LogP contribution in [0.2, 0.25) is 0 Å². The van der Waals surface area contributed by atoms with E-state index in [1.165, 1.54) is 5.56 Å². The second-order valence-corrected chi connectivity index (χ2v) is 11.9. The largest absolute Gasteiger partial charge is 0.598 e. The summed E-state index contributed by atoms with van der Waals surface area (Å²) in [5.74, 6) is 0.689. The van der Waals surface area contributed by atoms with E-state index in [-0.39, 0.29) is 16.7 Å². The lowest BCUT2D eigenvalue weighted by Crippen LogP contribution is -2.55. The summed E-state index contributed by atoms with van der Waals surface area (Å²) in [7, 11) is 3.91. The summed E-state index contributed by atoms with van der Waals surface area (Å²) in [6.07, 6.45) is 5.07. The number of carbonyl (C=O) groups is 1. The molecule has 0 aliphatic carbocycles. The zero-order valence-electron chi connectivity index (χ0n) is 18.6. The highest BCUT2D eigenvalue weighted by Crippen LogP contribution is 2.41. The molecular formula is C23H37N3O2S. The van der Waals surface area contributed by atoms with Gasteiger partial charge in [-0.3, -0.25) is 4.79 Å². The van der Waals surface area contributed by atoms with Gasteiger partial charge < -0.3 is 14.4 Å². The summed E-state index contributed by atoms with van der Waals surface area (Å²) in [6, 6.07) is 11.3. The van der Waals surface area contributed by atoms with Crippen molar-refractivity contribution < 1.29 is 9.35 Å². The van der Waals surface area contributed by atoms with Crippen molar-refractivity contribution in [1.29, 1.82) is 0 Å². The molecule has 2 fully saturated rings. The third-order valence-corrected chi connectivity index (χ3v) is 7.82. The minimum Gasteiger partial charge on any atom is -0.598 e. The molecule has 6 heteroatoms. The summed E-state index contributed by atoms with van der Waals surface area (Å²) in [4.78, 5) is 16.9. The topological polar surface area (TPSA) is 58.6 Å². The molecule has 29 heavy (non-hydrogen) atoms. The Morgan fingerprint density at radius 3 is 2.31 bits per heavy atom. The van der Waals surface area contributed by atoms with Crippen LogP contribution in [0.25, 0.3) is 0 Å². The van der Waals surface area contributed by atoms with Crippen LogP contribution in [0.4, 0.5) is 0 Å². The fourth-order valence-electron chi connectivity index (χ4n) is 4.79. The number of benzene rings is 1. The number of rotatable bonds is 7. The van der Waals surface area contributed by atoms with Crippen molar-refractivity contribution >= 4 is 17.3 Å². The number of likely N-dealkylation sites (N-methyl/N-ethyl adjacent to an activating group) is 1. The zero-order valence-corrected chi connectivity index (χ0v) is 19.4. The minimum absolute atomic E-state index is 0.159. The number of nitrogens with zero attached hydrogens (tertiary/aromatic N) is 2. The molecule has 2 aliphatic heterocycles. The lowest BCUT2D eigenvalue weighted by molar-refractivity contribution is -0.137. The lowest BCUT2D eigenvalue weighted by atomic mass is 9.82. The molecule has 1 aromatic carbocycles. The summed E-state index contributed by atoms with van der Waals surface area (Å²) >= 11 is -1.11. The first-order chi connectivity index (χ1) is 13.6. The highest BCUT2D eigenvalue weighted by molar-refractivity contribution is 7.90. The molecule has 1 N–H and O–H groups in total. The molecule has 162 valence electrons. The van der Waals surface area contributed by atoms with Gasteiger partial charge in [0.1, 0.15) is 4.75 Å². The van der Waals surface area contributed by atoms with Crippen LogP contribution in [0.5, 0.6) is 0 Å². The molecule has 5 nitrogen and oxygen atoms in total. The second kappa shape index (κ2) is 9.38. The van der Waals surface area contributed by atoms with E-state index in [1.807, 2.05) is 45.8 Å². The fraction of sp³-hybridized carbons (Fsp3) is 0.696. The molecule has 0 aromatic heterocycles. The van der Waals surface area contributed by atoms with Crippen LogP contribution in [0.3, 0.4) is 0 Å². The molecule has 2 saturated heterocycles. The molecule has 2 unspecified atom stereocenters. The standard InChI is InChI=1S/C23H37N3O2S/c1-23(2,3)29(28)24-21(13-17-9-7-6-8-10-17)18-14-19-11-12-20(15-18)26(19)22(27)16-25(4)5/h6-10,18-21,24H,11-16H2,1-5H3/t18?,19-,20+,21-,29?/m1/s1. The van der Waals surface area contributed by atoms with E-state index in [0.29, 0.717) is 24.5 Å². The van der Waals surface area contributed by atoms with E-state index in [1.54, 1.807) is 0 Å². The summed E-state index contributed by atoms with van der Waals surface area (Å²) in [5.41, 5.74) is 1.27. The molecule has 1 aromatic rings. The minimum atomic E-state index is -1.11. The van der Waals surface area contributed by atoms with Crippen LogP contribution in [0.1, 0.15) is 52.0 Å². The van der Waals surface area contributed by atoms with Gasteiger partial charge in [-0.25, -0.2) is 0 Å². The summed E-state index contributed by atoms with van der Waals surface area (Å²) in [5, 5.41) is 0. The van der Waals surface area contributed by atoms with Crippen LogP contribution in [-0.2, 0) is 22.6 Å². The smallest absolute Gasteiger partial charge is 0.237 e. The molecule has 0 saturated carbocycles. The number of carbonyl (C=O) groups excluding carboxylic acids is 1. The van der Waals surface area contributed by atoms with Gasteiger partial charge in [0.25, 0.3) is 0 Å². The number of nitrogens with one attached hydrogen (secondary N) is 1. The number of amides is 1. The first-order valence-corrected chi connectivity index (χ1v) is 12.0. The van der Waals surface area contributed by atoms with Gasteiger partial charge >= 0.3 is 0 Å². The predicted octanol–water partition coefficient (Wildman–Crippen LogP) is 2.98. The van der Waals surface area contributed by atoms with Crippen LogP contribution >= 0.6 is 0 Å². The normalized spacial score (nSPS) is 26.6. The van der Waals surface area contributed by atoms with Crippen LogP contribution < -0.4 is 4.72 Å². The molecular weight excluding hydrogens is 382 g/mol. The lowest BCUT2D eigenvalue weighted by Gasteiger charge is -2.42. The molecule has 2 heterocycles. The number of piperidine rings is 1. The number of fused-ring (bicyclic) bond motifs is 2. The maximum absolute atomic E-state index is 12.9. The molecule has 0 spiro atoms. The van der Waals surface area contributed by atoms with E-state index in [9.17, 15) is 9.35 Å². The Balaban J connectivity index is 1.74. The Bertz CT molecular complexity index is 662. The van der Waals surface area contributed by atoms with Crippen molar-refractivity contribution in [3.63, 3.8) is 0 Å². The van der Waals surface area contributed by atoms with Gasteiger partial charge in [-0.15, -0.1) is 4.72 Å². The maximum Gasteiger partial charge on any atom is 0.237 e. The average molecular weight is 420 g/mol. The third kappa shape index (κ3) is 5.75. The highest BCUT2D eigenvalue weighted by atomic mass is 32.2. The predicted molar refractivity (Wildman–Crippen MR) is 120 cm³/mol. The number of hydrogen-bond acceptors (Lipinski definition) is 4. The van der Waals surface area contributed by atoms with Crippen molar-refractivity contribution in [2.24, 2.45) is 5.92 Å². The Labute approximate surface area is 179 Å². The highest BCUT2D eigenvalue weighted by Gasteiger charge is 2.46. The Hall–Kier alpha value is -1.08. The Morgan fingerprint density at radius 2 is 1.79 bits per heavy atom. The zero-order chi connectivity index (χ0) is 21.2. The van der Waals surface area contributed by atoms with Gasteiger partial charge in [-0.2, -0.15) is 0 Å². The molecule has 0 radical (unpaired) electrons. The van der Waals surface area contributed by atoms with Crippen molar-refractivity contribution in [2.75, 3.05) is 20.6 Å². The van der Waals surface area contributed by atoms with Gasteiger partial charge in [-0.05, 0) is 78.5 Å². The second-order valence-electron chi connectivity index (χ2n) is 9.95. The van der Waals surface area contributed by atoms with Crippen molar-refractivity contribution in [1.82, 2.24) is 14.5 Å². The van der Waals surface area contributed by atoms with E-state index in [2.05, 4.69) is 33.9 Å². The van der Waals surface area contributed by atoms with Crippen molar-refractivity contribution in [2.45, 2.75) is 75.7 Å². The first-order valence-electron chi connectivity index (χ1n) is 10.8. The Kier molecular flexibility index (Phi) is 7.31. The van der Waals surface area contributed by atoms with Crippen LogP contribution in [0.15, 0.2) is 30.3 Å². The first kappa shape index (κ1) is 22.6. The van der Waals surface area contributed by atoms with Crippen LogP contribution in [-0.4, -0.2) is 63.8 Å². The van der Waals surface area contributed by atoms with Crippen LogP contribution in [0, 0.1) is 5.92 Å². The van der Waals surface area contributed by atoms with E-state index < -0.39 is 11.4 Å². The van der Waals surface area contributed by atoms with E-state index >= 15 is 0 Å². The Morgan fingerprint density at radius 1 is 1.21 bits per heavy atom. The quantitative estimate of drug-likeness (QED) is 0.691. The summed E-state index contributed by atoms with van der Waals surface area (Å²) in [6.45, 7) is 6.53. The monoisotopic (exact) mass is 419 g/mol. The molecule has 3 rings (SSSR count). The van der Waals surface area contributed by atoms with E-state index in [0.717, 1.165) is 32.1 Å². The van der Waals surface area contributed by atoms with E-state index in [4.69, 9.17) is 0 Å². The van der Waals surface area contributed by atoms with Gasteiger partial charge in [0.05, 0.1) is 12.6 Å². The van der Waals surface area contributed by atoms with Gasteiger partial charge in [0.2, 0.25) is 5.91 Å². The third-order valence-electron chi connectivity index (χ3n) is 6.19.